The molecule has 102 valence electrons. The molecule has 21 heavy (non-hydrogen) atoms. The van der Waals surface area contributed by atoms with Crippen molar-refractivity contribution in [3.05, 3.63) is 59.3 Å². The minimum absolute atomic E-state index is 0.937. The van der Waals surface area contributed by atoms with Gasteiger partial charge in [0.25, 0.3) is 0 Å². The zero-order valence-corrected chi connectivity index (χ0v) is 13.0. The lowest BCUT2D eigenvalue weighted by Crippen LogP contribution is -1.94. The first kappa shape index (κ1) is 12.5. The molecule has 0 fully saturated rings. The molecule has 2 aromatic heterocycles. The van der Waals surface area contributed by atoms with Crippen LogP contribution in [0.15, 0.2) is 59.3 Å². The second kappa shape index (κ2) is 4.67. The largest absolute Gasteiger partial charge is 0.327 e. The van der Waals surface area contributed by atoms with Crippen molar-refractivity contribution >= 4 is 37.7 Å². The van der Waals surface area contributed by atoms with Crippen molar-refractivity contribution < 1.29 is 0 Å². The molecule has 3 nitrogen and oxygen atoms in total. The minimum Gasteiger partial charge on any atom is -0.327 e. The molecular formula is C17H12BrN3. The number of pyridine rings is 1. The zero-order valence-electron chi connectivity index (χ0n) is 11.4. The highest BCUT2D eigenvalue weighted by Gasteiger charge is 2.12. The Kier molecular flexibility index (Phi) is 2.79. The molecule has 0 atom stereocenters. The number of aryl methyl sites for hydroxylation is 1. The number of rotatable bonds is 1. The van der Waals surface area contributed by atoms with Crippen LogP contribution >= 0.6 is 15.9 Å². The lowest BCUT2D eigenvalue weighted by Gasteiger charge is -2.06. The van der Waals surface area contributed by atoms with E-state index in [2.05, 4.69) is 43.7 Å². The van der Waals surface area contributed by atoms with E-state index in [1.165, 1.54) is 5.39 Å². The van der Waals surface area contributed by atoms with Crippen LogP contribution in [0.3, 0.4) is 0 Å². The SMILES string of the molecule is Cn1c(-c2cncc3ccccc23)nc2cc(Br)ccc21. The summed E-state index contributed by atoms with van der Waals surface area (Å²) in [4.78, 5) is 9.14. The van der Waals surface area contributed by atoms with Gasteiger partial charge in [-0.2, -0.15) is 0 Å². The summed E-state index contributed by atoms with van der Waals surface area (Å²) in [5.74, 6) is 0.937. The number of hydrogen-bond acceptors (Lipinski definition) is 2. The first-order chi connectivity index (χ1) is 10.2. The third-order valence-corrected chi connectivity index (χ3v) is 4.25. The van der Waals surface area contributed by atoms with Crippen molar-refractivity contribution in [1.82, 2.24) is 14.5 Å². The molecule has 0 saturated heterocycles. The van der Waals surface area contributed by atoms with Gasteiger partial charge in [-0.25, -0.2) is 4.98 Å². The van der Waals surface area contributed by atoms with Crippen LogP contribution < -0.4 is 0 Å². The number of hydrogen-bond donors (Lipinski definition) is 0. The summed E-state index contributed by atoms with van der Waals surface area (Å²) in [6.45, 7) is 0. The Hall–Kier alpha value is -2.20. The second-order valence-electron chi connectivity index (χ2n) is 5.04. The Balaban J connectivity index is 2.07. The number of aromatic nitrogens is 3. The fourth-order valence-corrected chi connectivity index (χ4v) is 3.06. The van der Waals surface area contributed by atoms with E-state index >= 15 is 0 Å². The standard InChI is InChI=1S/C17H12BrN3/c1-21-16-7-6-12(18)8-15(16)20-17(21)14-10-19-9-11-4-2-3-5-13(11)14/h2-10H,1H3. The summed E-state index contributed by atoms with van der Waals surface area (Å²) < 4.78 is 3.15. The Morgan fingerprint density at radius 1 is 1.05 bits per heavy atom. The molecule has 4 heteroatoms. The first-order valence-corrected chi connectivity index (χ1v) is 7.48. The van der Waals surface area contributed by atoms with Gasteiger partial charge in [0, 0.05) is 34.9 Å². The van der Waals surface area contributed by atoms with Crippen LogP contribution in [-0.4, -0.2) is 14.5 Å². The number of fused-ring (bicyclic) bond motifs is 2. The predicted octanol–water partition coefficient (Wildman–Crippen LogP) is 4.55. The van der Waals surface area contributed by atoms with Gasteiger partial charge in [0.15, 0.2) is 0 Å². The molecule has 0 unspecified atom stereocenters. The van der Waals surface area contributed by atoms with Gasteiger partial charge in [-0.3, -0.25) is 4.98 Å². The van der Waals surface area contributed by atoms with Crippen LogP contribution in [0, 0.1) is 0 Å². The maximum Gasteiger partial charge on any atom is 0.143 e. The molecule has 0 N–H and O–H groups in total. The van der Waals surface area contributed by atoms with Crippen molar-refractivity contribution in [2.24, 2.45) is 7.05 Å². The summed E-state index contributed by atoms with van der Waals surface area (Å²) in [5, 5.41) is 2.30. The summed E-state index contributed by atoms with van der Waals surface area (Å²) >= 11 is 3.50. The highest BCUT2D eigenvalue weighted by atomic mass is 79.9. The summed E-state index contributed by atoms with van der Waals surface area (Å²) in [6, 6.07) is 14.4. The average molecular weight is 338 g/mol. The maximum atomic E-state index is 4.79. The smallest absolute Gasteiger partial charge is 0.143 e. The van der Waals surface area contributed by atoms with Crippen LogP contribution in [0.2, 0.25) is 0 Å². The first-order valence-electron chi connectivity index (χ1n) is 6.69. The quantitative estimate of drug-likeness (QED) is 0.510. The molecule has 4 rings (SSSR count). The van der Waals surface area contributed by atoms with Gasteiger partial charge in [-0.1, -0.05) is 40.2 Å². The van der Waals surface area contributed by atoms with Gasteiger partial charge >= 0.3 is 0 Å². The van der Waals surface area contributed by atoms with Crippen molar-refractivity contribution in [2.75, 3.05) is 0 Å². The topological polar surface area (TPSA) is 30.7 Å². The Morgan fingerprint density at radius 3 is 2.81 bits per heavy atom. The van der Waals surface area contributed by atoms with Crippen LogP contribution in [0.4, 0.5) is 0 Å². The Labute approximate surface area is 130 Å². The minimum atomic E-state index is 0.937. The molecule has 0 spiro atoms. The van der Waals surface area contributed by atoms with E-state index in [0.717, 1.165) is 32.3 Å². The molecule has 2 aromatic carbocycles. The molecule has 0 aliphatic rings. The van der Waals surface area contributed by atoms with E-state index in [-0.39, 0.29) is 0 Å². The highest BCUT2D eigenvalue weighted by molar-refractivity contribution is 9.10. The molecule has 0 radical (unpaired) electrons. The third kappa shape index (κ3) is 1.94. The van der Waals surface area contributed by atoms with Gasteiger partial charge in [-0.05, 0) is 23.6 Å². The second-order valence-corrected chi connectivity index (χ2v) is 5.95. The van der Waals surface area contributed by atoms with Crippen LogP contribution in [0.1, 0.15) is 0 Å². The average Bonchev–Trinajstić information content (AvgIpc) is 2.83. The Bertz CT molecular complexity index is 967. The van der Waals surface area contributed by atoms with E-state index in [9.17, 15) is 0 Å². The normalized spacial score (nSPS) is 11.3. The number of benzene rings is 2. The summed E-state index contributed by atoms with van der Waals surface area (Å²) in [7, 11) is 2.04. The summed E-state index contributed by atoms with van der Waals surface area (Å²) in [6.07, 6.45) is 3.77. The van der Waals surface area contributed by atoms with E-state index < -0.39 is 0 Å². The van der Waals surface area contributed by atoms with E-state index in [1.807, 2.05) is 43.7 Å². The van der Waals surface area contributed by atoms with Crippen molar-refractivity contribution in [1.29, 1.82) is 0 Å². The number of halogens is 1. The molecule has 0 aliphatic heterocycles. The number of imidazole rings is 1. The van der Waals surface area contributed by atoms with Crippen LogP contribution in [0.5, 0.6) is 0 Å². The van der Waals surface area contributed by atoms with Gasteiger partial charge in [0.05, 0.1) is 11.0 Å². The fraction of sp³-hybridized carbons (Fsp3) is 0.0588. The highest BCUT2D eigenvalue weighted by Crippen LogP contribution is 2.30. The predicted molar refractivity (Wildman–Crippen MR) is 89.2 cm³/mol. The van der Waals surface area contributed by atoms with Gasteiger partial charge in [-0.15, -0.1) is 0 Å². The lowest BCUT2D eigenvalue weighted by molar-refractivity contribution is 0.959. The van der Waals surface area contributed by atoms with Crippen molar-refractivity contribution in [3.8, 4) is 11.4 Å². The van der Waals surface area contributed by atoms with E-state index in [1.54, 1.807) is 0 Å². The molecule has 4 aromatic rings. The molecule has 0 saturated carbocycles. The van der Waals surface area contributed by atoms with Gasteiger partial charge < -0.3 is 4.57 Å². The summed E-state index contributed by atoms with van der Waals surface area (Å²) in [5.41, 5.74) is 3.15. The van der Waals surface area contributed by atoms with Gasteiger partial charge in [0.1, 0.15) is 5.82 Å². The molecule has 0 amide bonds. The molecule has 0 aliphatic carbocycles. The Morgan fingerprint density at radius 2 is 1.90 bits per heavy atom. The lowest BCUT2D eigenvalue weighted by atomic mass is 10.1. The van der Waals surface area contributed by atoms with Crippen LogP contribution in [-0.2, 0) is 7.05 Å². The molecule has 0 bridgehead atoms. The zero-order chi connectivity index (χ0) is 14.4. The third-order valence-electron chi connectivity index (χ3n) is 3.75. The van der Waals surface area contributed by atoms with E-state index in [0.29, 0.717) is 0 Å². The van der Waals surface area contributed by atoms with Crippen molar-refractivity contribution in [2.45, 2.75) is 0 Å². The number of nitrogens with zero attached hydrogens (tertiary/aromatic N) is 3. The monoisotopic (exact) mass is 337 g/mol. The van der Waals surface area contributed by atoms with Crippen molar-refractivity contribution in [3.63, 3.8) is 0 Å². The maximum absolute atomic E-state index is 4.79. The van der Waals surface area contributed by atoms with Gasteiger partial charge in [0.2, 0.25) is 0 Å². The van der Waals surface area contributed by atoms with Crippen LogP contribution in [0.25, 0.3) is 33.2 Å². The molecule has 2 heterocycles. The molecular weight excluding hydrogens is 326 g/mol. The fourth-order valence-electron chi connectivity index (χ4n) is 2.71. The van der Waals surface area contributed by atoms with E-state index in [4.69, 9.17) is 4.98 Å².